The fourth-order valence-corrected chi connectivity index (χ4v) is 3.15. The first-order valence-corrected chi connectivity index (χ1v) is 6.80. The highest BCUT2D eigenvalue weighted by Gasteiger charge is 2.05. The maximum atomic E-state index is 5.68. The van der Waals surface area contributed by atoms with E-state index in [1.54, 1.807) is 11.3 Å². The van der Waals surface area contributed by atoms with Crippen molar-refractivity contribution in [2.45, 2.75) is 13.8 Å². The first-order valence-electron chi connectivity index (χ1n) is 4.40. The zero-order chi connectivity index (χ0) is 10.7. The number of rotatable bonds is 3. The first-order chi connectivity index (χ1) is 6.54. The van der Waals surface area contributed by atoms with E-state index in [2.05, 4.69) is 57.8 Å². The minimum atomic E-state index is 0.514. The van der Waals surface area contributed by atoms with Crippen molar-refractivity contribution in [2.24, 2.45) is 11.7 Å². The van der Waals surface area contributed by atoms with Crippen LogP contribution in [-0.2, 0) is 0 Å². The molecule has 1 heterocycles. The summed E-state index contributed by atoms with van der Waals surface area (Å²) in [7, 11) is 0. The Morgan fingerprint density at radius 3 is 2.57 bits per heavy atom. The highest BCUT2D eigenvalue weighted by Crippen LogP contribution is 2.33. The second-order valence-corrected chi connectivity index (χ2v) is 6.60. The predicted molar refractivity (Wildman–Crippen MR) is 71.6 cm³/mol. The molecule has 2 N–H and O–H groups in total. The van der Waals surface area contributed by atoms with Gasteiger partial charge in [0, 0.05) is 15.9 Å². The zero-order valence-corrected chi connectivity index (χ0v) is 12.2. The largest absolute Gasteiger partial charge is 0.327 e. The van der Waals surface area contributed by atoms with Gasteiger partial charge in [-0.05, 0) is 49.9 Å². The monoisotopic (exact) mass is 337 g/mol. The van der Waals surface area contributed by atoms with Gasteiger partial charge in [0.15, 0.2) is 0 Å². The van der Waals surface area contributed by atoms with Gasteiger partial charge >= 0.3 is 0 Å². The number of hydrogen-bond donors (Lipinski definition) is 1. The Bertz CT molecular complexity index is 322. The van der Waals surface area contributed by atoms with Crippen LogP contribution < -0.4 is 5.73 Å². The maximum Gasteiger partial charge on any atom is 0.0846 e. The van der Waals surface area contributed by atoms with Crippen LogP contribution in [0.15, 0.2) is 19.9 Å². The molecule has 14 heavy (non-hydrogen) atoms. The number of halogens is 2. The molecule has 0 aliphatic carbocycles. The summed E-state index contributed by atoms with van der Waals surface area (Å²) in [6.45, 7) is 4.96. The van der Waals surface area contributed by atoms with Gasteiger partial charge in [-0.15, -0.1) is 11.3 Å². The molecule has 0 aromatic carbocycles. The first kappa shape index (κ1) is 12.4. The van der Waals surface area contributed by atoms with Crippen LogP contribution in [-0.4, -0.2) is 6.54 Å². The lowest BCUT2D eigenvalue weighted by molar-refractivity contribution is 0.753. The summed E-state index contributed by atoms with van der Waals surface area (Å²) in [6, 6.07) is 2.10. The fraction of sp³-hybridized carbons (Fsp3) is 0.400. The van der Waals surface area contributed by atoms with E-state index in [9.17, 15) is 0 Å². The van der Waals surface area contributed by atoms with Gasteiger partial charge in [-0.1, -0.05) is 19.4 Å². The van der Waals surface area contributed by atoms with Gasteiger partial charge in [0.1, 0.15) is 0 Å². The van der Waals surface area contributed by atoms with Crippen LogP contribution in [0.2, 0.25) is 0 Å². The van der Waals surface area contributed by atoms with Crippen LogP contribution >= 0.6 is 43.2 Å². The second-order valence-electron chi connectivity index (χ2n) is 3.35. The van der Waals surface area contributed by atoms with Crippen LogP contribution in [0.5, 0.6) is 0 Å². The second kappa shape index (κ2) is 5.45. The minimum Gasteiger partial charge on any atom is -0.327 e. The summed E-state index contributed by atoms with van der Waals surface area (Å²) in [5.74, 6) is 0.514. The van der Waals surface area contributed by atoms with Crippen molar-refractivity contribution in [1.82, 2.24) is 0 Å². The van der Waals surface area contributed by atoms with Crippen molar-refractivity contribution >= 4 is 49.3 Å². The normalized spacial score (nSPS) is 12.6. The van der Waals surface area contributed by atoms with E-state index in [1.165, 1.54) is 10.5 Å². The molecule has 0 amide bonds. The third kappa shape index (κ3) is 3.19. The smallest absolute Gasteiger partial charge is 0.0846 e. The van der Waals surface area contributed by atoms with Crippen molar-refractivity contribution in [3.8, 4) is 0 Å². The molecule has 0 saturated heterocycles. The Balaban J connectivity index is 2.94. The molecule has 0 fully saturated rings. The molecule has 0 aliphatic heterocycles. The summed E-state index contributed by atoms with van der Waals surface area (Å²) >= 11 is 8.66. The molecule has 0 aliphatic rings. The maximum absolute atomic E-state index is 5.68. The Morgan fingerprint density at radius 1 is 1.57 bits per heavy atom. The number of nitrogens with two attached hydrogens (primary N) is 1. The molecule has 1 aromatic heterocycles. The van der Waals surface area contributed by atoms with Gasteiger partial charge < -0.3 is 5.73 Å². The van der Waals surface area contributed by atoms with Crippen molar-refractivity contribution in [2.75, 3.05) is 6.54 Å². The highest BCUT2D eigenvalue weighted by molar-refractivity contribution is 9.13. The van der Waals surface area contributed by atoms with Crippen LogP contribution in [0.1, 0.15) is 18.7 Å². The summed E-state index contributed by atoms with van der Waals surface area (Å²) in [5.41, 5.74) is 6.96. The average molecular weight is 339 g/mol. The molecular weight excluding hydrogens is 326 g/mol. The molecule has 0 radical (unpaired) electrons. The third-order valence-corrected chi connectivity index (χ3v) is 5.17. The Morgan fingerprint density at radius 2 is 2.21 bits per heavy atom. The van der Waals surface area contributed by atoms with Gasteiger partial charge in [0.2, 0.25) is 0 Å². The quantitative estimate of drug-likeness (QED) is 0.874. The van der Waals surface area contributed by atoms with Gasteiger partial charge in [-0.3, -0.25) is 0 Å². The zero-order valence-electron chi connectivity index (χ0n) is 8.18. The van der Waals surface area contributed by atoms with Gasteiger partial charge in [0.25, 0.3) is 0 Å². The molecule has 1 rings (SSSR count). The van der Waals surface area contributed by atoms with Crippen LogP contribution in [0, 0.1) is 5.92 Å². The lowest BCUT2D eigenvalue weighted by Crippen LogP contribution is -2.07. The molecule has 0 bridgehead atoms. The number of hydrogen-bond acceptors (Lipinski definition) is 2. The molecule has 0 atom stereocenters. The molecule has 0 unspecified atom stereocenters. The molecule has 1 aromatic rings. The standard InChI is InChI=1S/C10H13Br2NS/c1-6(2)7(5-13)3-8-4-9(11)10(12)14-8/h3-4,6H,5,13H2,1-2H3. The lowest BCUT2D eigenvalue weighted by Gasteiger charge is -2.07. The van der Waals surface area contributed by atoms with E-state index in [1.807, 2.05) is 0 Å². The van der Waals surface area contributed by atoms with E-state index in [0.29, 0.717) is 12.5 Å². The van der Waals surface area contributed by atoms with Gasteiger partial charge in [-0.25, -0.2) is 0 Å². The Labute approximate surface area is 106 Å². The summed E-state index contributed by atoms with van der Waals surface area (Å²) in [4.78, 5) is 1.23. The van der Waals surface area contributed by atoms with Crippen molar-refractivity contribution in [3.05, 3.63) is 24.8 Å². The Hall–Kier alpha value is 0.360. The fourth-order valence-electron chi connectivity index (χ4n) is 1.08. The van der Waals surface area contributed by atoms with Crippen molar-refractivity contribution in [3.63, 3.8) is 0 Å². The van der Waals surface area contributed by atoms with Crippen LogP contribution in [0.3, 0.4) is 0 Å². The summed E-state index contributed by atoms with van der Waals surface area (Å²) in [5, 5.41) is 0. The highest BCUT2D eigenvalue weighted by atomic mass is 79.9. The van der Waals surface area contributed by atoms with E-state index in [0.717, 1.165) is 8.26 Å². The summed E-state index contributed by atoms with van der Waals surface area (Å²) in [6.07, 6.45) is 2.17. The molecule has 78 valence electrons. The summed E-state index contributed by atoms with van der Waals surface area (Å²) < 4.78 is 2.23. The topological polar surface area (TPSA) is 26.0 Å². The number of thiophene rings is 1. The SMILES string of the molecule is CC(C)C(=Cc1cc(Br)c(Br)s1)CN. The van der Waals surface area contributed by atoms with E-state index >= 15 is 0 Å². The molecular formula is C10H13Br2NS. The van der Waals surface area contributed by atoms with Gasteiger partial charge in [-0.2, -0.15) is 0 Å². The molecule has 0 spiro atoms. The minimum absolute atomic E-state index is 0.514. The van der Waals surface area contributed by atoms with E-state index in [4.69, 9.17) is 5.73 Å². The third-order valence-electron chi connectivity index (χ3n) is 1.97. The molecule has 4 heteroatoms. The van der Waals surface area contributed by atoms with E-state index in [-0.39, 0.29) is 0 Å². The molecule has 1 nitrogen and oxygen atoms in total. The van der Waals surface area contributed by atoms with Crippen molar-refractivity contribution in [1.29, 1.82) is 0 Å². The van der Waals surface area contributed by atoms with Gasteiger partial charge in [0.05, 0.1) is 3.79 Å². The van der Waals surface area contributed by atoms with E-state index < -0.39 is 0 Å². The van der Waals surface area contributed by atoms with Crippen molar-refractivity contribution < 1.29 is 0 Å². The molecule has 0 saturated carbocycles. The average Bonchev–Trinajstić information content (AvgIpc) is 2.41. The lowest BCUT2D eigenvalue weighted by atomic mass is 10.0. The van der Waals surface area contributed by atoms with Crippen LogP contribution in [0.4, 0.5) is 0 Å². The predicted octanol–water partition coefficient (Wildman–Crippen LogP) is 4.27. The Kier molecular flexibility index (Phi) is 4.83. The van der Waals surface area contributed by atoms with Crippen LogP contribution in [0.25, 0.3) is 6.08 Å².